The molecule has 7 heteroatoms. The molecule has 26 heavy (non-hydrogen) atoms. The summed E-state index contributed by atoms with van der Waals surface area (Å²) in [6.45, 7) is 0.540. The Balaban J connectivity index is 1.44. The number of rotatable bonds is 5. The van der Waals surface area contributed by atoms with Crippen LogP contribution in [0.3, 0.4) is 0 Å². The lowest BCUT2D eigenvalue weighted by atomic mass is 10.2. The molecule has 0 aliphatic rings. The lowest BCUT2D eigenvalue weighted by Gasteiger charge is -2.07. The summed E-state index contributed by atoms with van der Waals surface area (Å²) in [6.07, 6.45) is 3.49. The van der Waals surface area contributed by atoms with Crippen LogP contribution in [-0.4, -0.2) is 21.5 Å². The third kappa shape index (κ3) is 3.23. The van der Waals surface area contributed by atoms with Crippen molar-refractivity contribution in [2.24, 2.45) is 0 Å². The van der Waals surface area contributed by atoms with Crippen molar-refractivity contribution < 1.29 is 13.2 Å². The van der Waals surface area contributed by atoms with E-state index in [4.69, 9.17) is 4.42 Å². The van der Waals surface area contributed by atoms with Gasteiger partial charge in [0, 0.05) is 23.9 Å². The summed E-state index contributed by atoms with van der Waals surface area (Å²) in [5.74, 6) is 0.318. The molecule has 5 nitrogen and oxygen atoms in total. The number of anilines is 1. The fraction of sp³-hybridized carbons (Fsp3) is 0.105. The molecule has 0 aliphatic heterocycles. The number of halogens is 2. The number of nitrogens with zero attached hydrogens (tertiary/aromatic N) is 3. The van der Waals surface area contributed by atoms with Crippen LogP contribution in [0, 0.1) is 11.6 Å². The molecule has 4 rings (SSSR count). The number of nitrogens with one attached hydrogen (secondary N) is 1. The summed E-state index contributed by atoms with van der Waals surface area (Å²) >= 11 is 0. The van der Waals surface area contributed by atoms with Crippen molar-refractivity contribution >= 4 is 16.7 Å². The van der Waals surface area contributed by atoms with Crippen molar-refractivity contribution in [3.05, 3.63) is 72.4 Å². The highest BCUT2D eigenvalue weighted by Crippen LogP contribution is 2.22. The Morgan fingerprint density at radius 1 is 1.00 bits per heavy atom. The van der Waals surface area contributed by atoms with Gasteiger partial charge in [0.05, 0.1) is 5.69 Å². The van der Waals surface area contributed by atoms with E-state index in [0.717, 1.165) is 5.69 Å². The van der Waals surface area contributed by atoms with Gasteiger partial charge in [0.15, 0.2) is 0 Å². The fourth-order valence-electron chi connectivity index (χ4n) is 2.65. The summed E-state index contributed by atoms with van der Waals surface area (Å²) in [6, 6.07) is 10.7. The first-order chi connectivity index (χ1) is 12.7. The second-order valence-corrected chi connectivity index (χ2v) is 5.69. The average Bonchev–Trinajstić information content (AvgIpc) is 3.12. The molecule has 0 unspecified atom stereocenters. The number of hydrogen-bond donors (Lipinski definition) is 1. The third-order valence-corrected chi connectivity index (χ3v) is 3.93. The molecule has 0 saturated carbocycles. The molecular formula is C19H14F2N4O. The van der Waals surface area contributed by atoms with Crippen LogP contribution >= 0.6 is 0 Å². The number of hydrogen-bond acceptors (Lipinski definition) is 5. The minimum atomic E-state index is -0.381. The number of para-hydroxylation sites is 1. The highest BCUT2D eigenvalue weighted by atomic mass is 19.1. The predicted octanol–water partition coefficient (Wildman–Crippen LogP) is 4.22. The van der Waals surface area contributed by atoms with Crippen LogP contribution in [0.25, 0.3) is 22.4 Å². The van der Waals surface area contributed by atoms with Crippen LogP contribution in [0.4, 0.5) is 14.6 Å². The molecule has 130 valence electrons. The molecule has 0 fully saturated rings. The van der Waals surface area contributed by atoms with Crippen LogP contribution in [0.5, 0.6) is 0 Å². The van der Waals surface area contributed by atoms with Gasteiger partial charge in [-0.3, -0.25) is 0 Å². The lowest BCUT2D eigenvalue weighted by Crippen LogP contribution is -2.07. The molecule has 0 atom stereocenters. The van der Waals surface area contributed by atoms with Crippen molar-refractivity contribution in [2.75, 3.05) is 11.9 Å². The fourth-order valence-corrected chi connectivity index (χ4v) is 2.65. The molecule has 0 aliphatic carbocycles. The number of benzene rings is 2. The highest BCUT2D eigenvalue weighted by molar-refractivity contribution is 5.89. The van der Waals surface area contributed by atoms with Gasteiger partial charge < -0.3 is 9.73 Å². The Bertz CT molecular complexity index is 1050. The van der Waals surface area contributed by atoms with Gasteiger partial charge in [0.2, 0.25) is 5.89 Å². The minimum absolute atomic E-state index is 0.282. The van der Waals surface area contributed by atoms with Gasteiger partial charge in [-0.2, -0.15) is 0 Å². The predicted molar refractivity (Wildman–Crippen MR) is 93.6 cm³/mol. The Morgan fingerprint density at radius 2 is 1.85 bits per heavy atom. The van der Waals surface area contributed by atoms with Crippen molar-refractivity contribution in [1.82, 2.24) is 15.0 Å². The Morgan fingerprint density at radius 3 is 2.69 bits per heavy atom. The first kappa shape index (κ1) is 16.1. The molecule has 4 aromatic rings. The Kier molecular flexibility index (Phi) is 4.27. The summed E-state index contributed by atoms with van der Waals surface area (Å²) in [7, 11) is 0. The maximum absolute atomic E-state index is 13.8. The van der Waals surface area contributed by atoms with Crippen molar-refractivity contribution in [3.8, 4) is 11.5 Å². The maximum Gasteiger partial charge on any atom is 0.226 e. The number of aromatic nitrogens is 3. The van der Waals surface area contributed by atoms with E-state index in [9.17, 15) is 8.78 Å². The van der Waals surface area contributed by atoms with E-state index in [2.05, 4.69) is 20.3 Å². The summed E-state index contributed by atoms with van der Waals surface area (Å²) < 4.78 is 32.2. The minimum Gasteiger partial charge on any atom is -0.444 e. The molecule has 0 bridgehead atoms. The second kappa shape index (κ2) is 6.87. The second-order valence-electron chi connectivity index (χ2n) is 5.69. The first-order valence-corrected chi connectivity index (χ1v) is 8.04. The summed E-state index contributed by atoms with van der Waals surface area (Å²) in [4.78, 5) is 12.5. The third-order valence-electron chi connectivity index (χ3n) is 3.93. The van der Waals surface area contributed by atoms with Crippen molar-refractivity contribution in [3.63, 3.8) is 0 Å². The van der Waals surface area contributed by atoms with E-state index in [1.165, 1.54) is 24.5 Å². The van der Waals surface area contributed by atoms with Crippen LogP contribution in [0.2, 0.25) is 0 Å². The van der Waals surface area contributed by atoms with Crippen molar-refractivity contribution in [1.29, 1.82) is 0 Å². The molecule has 0 amide bonds. The summed E-state index contributed by atoms with van der Waals surface area (Å²) in [5, 5.41) is 3.80. The quantitative estimate of drug-likeness (QED) is 0.583. The zero-order valence-electron chi connectivity index (χ0n) is 13.6. The number of oxazole rings is 1. The highest BCUT2D eigenvalue weighted by Gasteiger charge is 2.09. The molecular weight excluding hydrogens is 338 g/mol. The zero-order chi connectivity index (χ0) is 17.9. The van der Waals surface area contributed by atoms with Gasteiger partial charge in [-0.1, -0.05) is 6.07 Å². The van der Waals surface area contributed by atoms with Gasteiger partial charge in [0.25, 0.3) is 0 Å². The van der Waals surface area contributed by atoms with Gasteiger partial charge >= 0.3 is 0 Å². The Hall–Kier alpha value is -3.35. The van der Waals surface area contributed by atoms with Crippen LogP contribution in [-0.2, 0) is 6.42 Å². The van der Waals surface area contributed by atoms with Crippen LogP contribution in [0.1, 0.15) is 5.69 Å². The standard InChI is InChI=1S/C19H14F2N4O/c20-13-6-4-12(5-7-13)19-25-14(10-26-19)8-9-22-18-15-2-1-3-16(21)17(15)23-11-24-18/h1-7,10-11H,8-9H2,(H,22,23,24). The monoisotopic (exact) mass is 352 g/mol. The molecule has 0 radical (unpaired) electrons. The molecule has 0 spiro atoms. The van der Waals surface area contributed by atoms with Gasteiger partial charge in [-0.05, 0) is 36.4 Å². The maximum atomic E-state index is 13.8. The van der Waals surface area contributed by atoms with Crippen LogP contribution < -0.4 is 5.32 Å². The van der Waals surface area contributed by atoms with E-state index in [1.54, 1.807) is 30.5 Å². The van der Waals surface area contributed by atoms with Gasteiger partial charge in [0.1, 0.15) is 35.6 Å². The molecule has 0 saturated heterocycles. The molecule has 2 aromatic heterocycles. The smallest absolute Gasteiger partial charge is 0.226 e. The van der Waals surface area contributed by atoms with E-state index in [0.29, 0.717) is 35.6 Å². The molecule has 2 heterocycles. The van der Waals surface area contributed by atoms with Crippen LogP contribution in [0.15, 0.2) is 59.5 Å². The van der Waals surface area contributed by atoms with E-state index in [1.807, 2.05) is 0 Å². The zero-order valence-corrected chi connectivity index (χ0v) is 13.6. The summed E-state index contributed by atoms with van der Waals surface area (Å²) in [5.41, 5.74) is 1.74. The average molecular weight is 352 g/mol. The topological polar surface area (TPSA) is 63.8 Å². The first-order valence-electron chi connectivity index (χ1n) is 8.04. The molecule has 2 aromatic carbocycles. The van der Waals surface area contributed by atoms with Gasteiger partial charge in [-0.25, -0.2) is 23.7 Å². The van der Waals surface area contributed by atoms with Crippen molar-refractivity contribution in [2.45, 2.75) is 6.42 Å². The van der Waals surface area contributed by atoms with E-state index < -0.39 is 0 Å². The lowest BCUT2D eigenvalue weighted by molar-refractivity contribution is 0.572. The van der Waals surface area contributed by atoms with E-state index in [-0.39, 0.29) is 17.2 Å². The van der Waals surface area contributed by atoms with E-state index >= 15 is 0 Å². The largest absolute Gasteiger partial charge is 0.444 e. The SMILES string of the molecule is Fc1ccc(-c2nc(CCNc3ncnc4c(F)cccc34)co2)cc1. The van der Waals surface area contributed by atoms with Gasteiger partial charge in [-0.15, -0.1) is 0 Å². The normalized spacial score (nSPS) is 11.0. The molecule has 1 N–H and O–H groups in total. The number of fused-ring (bicyclic) bond motifs is 1. The Labute approximate surface area is 147 Å².